The molecule has 0 radical (unpaired) electrons. The molecule has 0 aliphatic carbocycles. The number of phenols is 1. The molecule has 0 saturated heterocycles. The van der Waals surface area contributed by atoms with Gasteiger partial charge in [-0.1, -0.05) is 59.7 Å². The van der Waals surface area contributed by atoms with Crippen LogP contribution in [0.5, 0.6) is 11.5 Å². The van der Waals surface area contributed by atoms with Gasteiger partial charge in [-0.2, -0.15) is 0 Å². The molecule has 0 atom stereocenters. The van der Waals surface area contributed by atoms with E-state index in [1.54, 1.807) is 7.11 Å². The molecular formula is C30H33N3O2. The van der Waals surface area contributed by atoms with Crippen LogP contribution in [0.4, 0.5) is 0 Å². The molecule has 3 aromatic carbocycles. The van der Waals surface area contributed by atoms with E-state index in [-0.39, 0.29) is 10.8 Å². The Labute approximate surface area is 206 Å². The Morgan fingerprint density at radius 1 is 0.886 bits per heavy atom. The third-order valence-electron chi connectivity index (χ3n) is 6.66. The van der Waals surface area contributed by atoms with E-state index < -0.39 is 0 Å². The van der Waals surface area contributed by atoms with Crippen LogP contribution in [0.2, 0.25) is 0 Å². The molecule has 2 N–H and O–H groups in total. The molecule has 5 aromatic rings. The highest BCUT2D eigenvalue weighted by molar-refractivity contribution is 5.96. The summed E-state index contributed by atoms with van der Waals surface area (Å²) >= 11 is 0. The molecule has 0 unspecified atom stereocenters. The summed E-state index contributed by atoms with van der Waals surface area (Å²) in [7, 11) is 1.67. The Bertz CT molecular complexity index is 1520. The van der Waals surface area contributed by atoms with Gasteiger partial charge in [0.2, 0.25) is 0 Å². The maximum absolute atomic E-state index is 11.3. The molecule has 0 amide bonds. The lowest BCUT2D eigenvalue weighted by atomic mass is 9.79. The topological polar surface area (TPSA) is 63.1 Å². The number of imidazole rings is 1. The minimum Gasteiger partial charge on any atom is -0.507 e. The van der Waals surface area contributed by atoms with Gasteiger partial charge >= 0.3 is 0 Å². The van der Waals surface area contributed by atoms with Gasteiger partial charge in [0.15, 0.2) is 0 Å². The summed E-state index contributed by atoms with van der Waals surface area (Å²) in [6.07, 6.45) is 2.02. The van der Waals surface area contributed by atoms with Crippen LogP contribution < -0.4 is 4.74 Å². The van der Waals surface area contributed by atoms with E-state index in [0.29, 0.717) is 5.75 Å². The minimum absolute atomic E-state index is 0.235. The molecule has 0 aliphatic heterocycles. The number of aromatic amines is 1. The van der Waals surface area contributed by atoms with Crippen LogP contribution in [-0.4, -0.2) is 26.8 Å². The molecule has 0 fully saturated rings. The minimum atomic E-state index is -0.235. The van der Waals surface area contributed by atoms with E-state index in [1.807, 2.05) is 30.5 Å². The number of aromatic nitrogens is 3. The average Bonchev–Trinajstić information content (AvgIpc) is 3.38. The zero-order chi connectivity index (χ0) is 25.1. The van der Waals surface area contributed by atoms with Gasteiger partial charge in [-0.15, -0.1) is 0 Å². The van der Waals surface area contributed by atoms with Crippen LogP contribution in [0.1, 0.15) is 52.7 Å². The number of H-pyrrole nitrogens is 1. The standard InChI is InChI=1S/C30H33N3O2/c1-29(2,3)22-14-18(15-23(27(22)34)30(4,5)6)33-26-13-12-19(35-7)16-25(26)32-28(33)21-17-31-24-11-9-8-10-20(21)24/h8-17,31,34H,1-7H3. The molecular weight excluding hydrogens is 434 g/mol. The summed E-state index contributed by atoms with van der Waals surface area (Å²) in [5.74, 6) is 1.98. The molecule has 0 spiro atoms. The second-order valence-corrected chi connectivity index (χ2v) is 11.3. The van der Waals surface area contributed by atoms with E-state index in [9.17, 15) is 5.11 Å². The number of nitrogens with zero attached hydrogens (tertiary/aromatic N) is 2. The summed E-state index contributed by atoms with van der Waals surface area (Å²) in [4.78, 5) is 8.49. The van der Waals surface area contributed by atoms with E-state index in [1.165, 1.54) is 0 Å². The van der Waals surface area contributed by atoms with Crippen LogP contribution >= 0.6 is 0 Å². The fraction of sp³-hybridized carbons (Fsp3) is 0.300. The summed E-state index contributed by atoms with van der Waals surface area (Å²) < 4.78 is 7.70. The molecule has 5 heteroatoms. The first-order chi connectivity index (χ1) is 16.5. The van der Waals surface area contributed by atoms with Crippen molar-refractivity contribution in [3.05, 3.63) is 71.9 Å². The largest absolute Gasteiger partial charge is 0.507 e. The molecule has 2 heterocycles. The Morgan fingerprint density at radius 2 is 1.54 bits per heavy atom. The molecule has 0 saturated carbocycles. The summed E-state index contributed by atoms with van der Waals surface area (Å²) in [5, 5.41) is 12.4. The Hall–Kier alpha value is -3.73. The molecule has 2 aromatic heterocycles. The van der Waals surface area contributed by atoms with E-state index in [4.69, 9.17) is 9.72 Å². The predicted molar refractivity (Wildman–Crippen MR) is 144 cm³/mol. The average molecular weight is 468 g/mol. The second kappa shape index (κ2) is 7.91. The summed E-state index contributed by atoms with van der Waals surface area (Å²) in [5.41, 5.74) is 6.27. The van der Waals surface area contributed by atoms with Crippen molar-refractivity contribution in [2.75, 3.05) is 7.11 Å². The Kier molecular flexibility index (Phi) is 5.20. The third-order valence-corrected chi connectivity index (χ3v) is 6.66. The van der Waals surface area contributed by atoms with Crippen LogP contribution in [-0.2, 0) is 10.8 Å². The van der Waals surface area contributed by atoms with E-state index in [2.05, 4.69) is 81.4 Å². The predicted octanol–water partition coefficient (Wildman–Crippen LogP) is 7.48. The number of fused-ring (bicyclic) bond motifs is 2. The summed E-state index contributed by atoms with van der Waals surface area (Å²) in [6.45, 7) is 12.8. The van der Waals surface area contributed by atoms with Crippen LogP contribution in [0, 0.1) is 0 Å². The number of rotatable bonds is 3. The lowest BCUT2D eigenvalue weighted by Crippen LogP contribution is -2.18. The highest BCUT2D eigenvalue weighted by atomic mass is 16.5. The number of nitrogens with one attached hydrogen (secondary N) is 1. The smallest absolute Gasteiger partial charge is 0.147 e. The van der Waals surface area contributed by atoms with Gasteiger partial charge in [-0.25, -0.2) is 4.98 Å². The first-order valence-electron chi connectivity index (χ1n) is 12.0. The van der Waals surface area contributed by atoms with Gasteiger partial charge in [0.1, 0.15) is 17.3 Å². The highest BCUT2D eigenvalue weighted by Gasteiger charge is 2.28. The first-order valence-corrected chi connectivity index (χ1v) is 12.0. The lowest BCUT2D eigenvalue weighted by Gasteiger charge is -2.28. The molecule has 5 rings (SSSR count). The van der Waals surface area contributed by atoms with Gasteiger partial charge in [-0.3, -0.25) is 4.57 Å². The van der Waals surface area contributed by atoms with Gasteiger partial charge in [0, 0.05) is 45.5 Å². The van der Waals surface area contributed by atoms with Crippen molar-refractivity contribution < 1.29 is 9.84 Å². The lowest BCUT2D eigenvalue weighted by molar-refractivity contribution is 0.415. The Balaban J connectivity index is 1.90. The van der Waals surface area contributed by atoms with Crippen LogP contribution in [0.25, 0.3) is 39.0 Å². The number of hydrogen-bond donors (Lipinski definition) is 2. The zero-order valence-corrected chi connectivity index (χ0v) is 21.5. The third kappa shape index (κ3) is 3.85. The maximum atomic E-state index is 11.3. The highest BCUT2D eigenvalue weighted by Crippen LogP contribution is 2.42. The van der Waals surface area contributed by atoms with Crippen LogP contribution in [0.15, 0.2) is 60.8 Å². The van der Waals surface area contributed by atoms with E-state index in [0.717, 1.165) is 55.9 Å². The maximum Gasteiger partial charge on any atom is 0.147 e. The van der Waals surface area contributed by atoms with Crippen molar-refractivity contribution in [1.82, 2.24) is 14.5 Å². The number of ether oxygens (including phenoxy) is 1. The molecule has 5 nitrogen and oxygen atoms in total. The van der Waals surface area contributed by atoms with Crippen molar-refractivity contribution in [2.45, 2.75) is 52.4 Å². The van der Waals surface area contributed by atoms with Crippen LogP contribution in [0.3, 0.4) is 0 Å². The number of hydrogen-bond acceptors (Lipinski definition) is 3. The quantitative estimate of drug-likeness (QED) is 0.289. The zero-order valence-electron chi connectivity index (χ0n) is 21.5. The normalized spacial score (nSPS) is 12.5. The van der Waals surface area contributed by atoms with Crippen molar-refractivity contribution in [1.29, 1.82) is 0 Å². The molecule has 35 heavy (non-hydrogen) atoms. The number of para-hydroxylation sites is 1. The Morgan fingerprint density at radius 3 is 2.17 bits per heavy atom. The monoisotopic (exact) mass is 467 g/mol. The van der Waals surface area contributed by atoms with Crippen molar-refractivity contribution in [3.63, 3.8) is 0 Å². The van der Waals surface area contributed by atoms with Gasteiger partial charge in [0.05, 0.1) is 18.1 Å². The number of benzene rings is 3. The SMILES string of the molecule is COc1ccc2c(c1)nc(-c1c[nH]c3ccccc13)n2-c1cc(C(C)(C)C)c(O)c(C(C)(C)C)c1. The molecule has 0 aliphatic rings. The first kappa shape index (κ1) is 23.0. The fourth-order valence-corrected chi connectivity index (χ4v) is 4.78. The number of aromatic hydroxyl groups is 1. The fourth-order valence-electron chi connectivity index (χ4n) is 4.78. The van der Waals surface area contributed by atoms with Gasteiger partial charge in [0.25, 0.3) is 0 Å². The van der Waals surface area contributed by atoms with Crippen molar-refractivity contribution in [3.8, 4) is 28.6 Å². The van der Waals surface area contributed by atoms with Gasteiger partial charge in [-0.05, 0) is 41.2 Å². The second-order valence-electron chi connectivity index (χ2n) is 11.3. The molecule has 180 valence electrons. The number of phenolic OH excluding ortho intramolecular Hbond substituents is 1. The van der Waals surface area contributed by atoms with Crippen molar-refractivity contribution >= 4 is 21.9 Å². The molecule has 0 bridgehead atoms. The number of methoxy groups -OCH3 is 1. The van der Waals surface area contributed by atoms with Gasteiger partial charge < -0.3 is 14.8 Å². The van der Waals surface area contributed by atoms with Crippen molar-refractivity contribution in [2.24, 2.45) is 0 Å². The van der Waals surface area contributed by atoms with E-state index >= 15 is 0 Å². The summed E-state index contributed by atoms with van der Waals surface area (Å²) in [6, 6.07) is 18.5.